The van der Waals surface area contributed by atoms with Gasteiger partial charge in [-0.2, -0.15) is 13.2 Å². The van der Waals surface area contributed by atoms with Gasteiger partial charge in [-0.15, -0.1) is 0 Å². The summed E-state index contributed by atoms with van der Waals surface area (Å²) in [6.45, 7) is 3.16. The van der Waals surface area contributed by atoms with Gasteiger partial charge in [-0.25, -0.2) is 0 Å². The molecule has 1 N–H and O–H groups in total. The van der Waals surface area contributed by atoms with Crippen LogP contribution in [0.1, 0.15) is 19.4 Å². The molecular weight excluding hydrogens is 392 g/mol. The van der Waals surface area contributed by atoms with Crippen LogP contribution in [0.15, 0.2) is 18.2 Å². The Balaban J connectivity index is 3.21. The maximum Gasteiger partial charge on any atom is 0.423 e. The van der Waals surface area contributed by atoms with Crippen molar-refractivity contribution in [3.05, 3.63) is 33.9 Å². The van der Waals surface area contributed by atoms with Gasteiger partial charge in [0.15, 0.2) is 0 Å². The normalized spacial score (nSPS) is 12.1. The summed E-state index contributed by atoms with van der Waals surface area (Å²) in [6.07, 6.45) is -4.87. The van der Waals surface area contributed by atoms with Crippen LogP contribution >= 0.6 is 22.6 Å². The van der Waals surface area contributed by atoms with Crippen molar-refractivity contribution in [1.29, 1.82) is 0 Å². The first-order valence-electron chi connectivity index (χ1n) is 5.29. The van der Waals surface area contributed by atoms with Crippen molar-refractivity contribution < 1.29 is 22.9 Å². The molecule has 0 aromatic heterocycles. The van der Waals surface area contributed by atoms with E-state index >= 15 is 0 Å². The van der Waals surface area contributed by atoms with Gasteiger partial charge < -0.3 is 5.32 Å². The molecule has 0 aliphatic rings. The minimum absolute atomic E-state index is 0.141. The number of carbonyl (C=O) groups is 1. The maximum atomic E-state index is 12.7. The van der Waals surface area contributed by atoms with Crippen molar-refractivity contribution in [1.82, 2.24) is 0 Å². The van der Waals surface area contributed by atoms with Crippen LogP contribution in [0.25, 0.3) is 0 Å². The van der Waals surface area contributed by atoms with E-state index in [0.29, 0.717) is 6.07 Å². The Bertz CT molecular complexity index is 553. The number of amides is 1. The number of rotatable bonds is 3. The van der Waals surface area contributed by atoms with Crippen LogP contribution in [-0.2, 0) is 11.0 Å². The number of anilines is 1. The smallest absolute Gasteiger partial charge is 0.325 e. The molecule has 0 spiro atoms. The SMILES string of the molecule is CC(C)(I)C(=O)Nc1ccc([N+](=O)[O-])c(C(F)(F)F)c1. The molecule has 0 atom stereocenters. The molecule has 9 heteroatoms. The monoisotopic (exact) mass is 402 g/mol. The van der Waals surface area contributed by atoms with Crippen molar-refractivity contribution >= 4 is 39.9 Å². The van der Waals surface area contributed by atoms with Crippen molar-refractivity contribution in [2.75, 3.05) is 5.32 Å². The quantitative estimate of drug-likeness (QED) is 0.362. The second-order valence-corrected chi connectivity index (χ2v) is 7.11. The third-order valence-electron chi connectivity index (χ3n) is 2.30. The zero-order valence-electron chi connectivity index (χ0n) is 10.4. The molecule has 0 saturated carbocycles. The molecule has 0 saturated heterocycles. The summed E-state index contributed by atoms with van der Waals surface area (Å²) in [5.74, 6) is -0.500. The summed E-state index contributed by atoms with van der Waals surface area (Å²) < 4.78 is 37.4. The van der Waals surface area contributed by atoms with E-state index in [0.717, 1.165) is 12.1 Å². The zero-order valence-corrected chi connectivity index (χ0v) is 12.6. The lowest BCUT2D eigenvalue weighted by atomic mass is 10.1. The fourth-order valence-electron chi connectivity index (χ4n) is 1.28. The fourth-order valence-corrected chi connectivity index (χ4v) is 1.41. The van der Waals surface area contributed by atoms with Crippen LogP contribution in [0.3, 0.4) is 0 Å². The number of carbonyl (C=O) groups excluding carboxylic acids is 1. The molecule has 1 aromatic carbocycles. The highest BCUT2D eigenvalue weighted by atomic mass is 127. The van der Waals surface area contributed by atoms with Gasteiger partial charge in [-0.3, -0.25) is 14.9 Å². The number of alkyl halides is 4. The topological polar surface area (TPSA) is 72.2 Å². The molecule has 0 aliphatic heterocycles. The molecular formula is C11H10F3IN2O3. The van der Waals surface area contributed by atoms with Crippen molar-refractivity contribution in [3.8, 4) is 0 Å². The average Bonchev–Trinajstić information content (AvgIpc) is 2.26. The number of nitrogens with zero attached hydrogens (tertiary/aromatic N) is 1. The molecule has 1 rings (SSSR count). The molecule has 0 fully saturated rings. The number of hydrogen-bond acceptors (Lipinski definition) is 3. The molecule has 0 bridgehead atoms. The van der Waals surface area contributed by atoms with Gasteiger partial charge in [0.05, 0.1) is 8.35 Å². The van der Waals surface area contributed by atoms with Gasteiger partial charge in [0, 0.05) is 11.8 Å². The van der Waals surface area contributed by atoms with E-state index in [1.54, 1.807) is 13.8 Å². The van der Waals surface area contributed by atoms with Gasteiger partial charge in [-0.1, -0.05) is 22.6 Å². The minimum Gasteiger partial charge on any atom is -0.325 e. The summed E-state index contributed by atoms with van der Waals surface area (Å²) in [5, 5.41) is 12.9. The molecule has 5 nitrogen and oxygen atoms in total. The lowest BCUT2D eigenvalue weighted by molar-refractivity contribution is -0.388. The molecule has 0 heterocycles. The number of nitro benzene ring substituents is 1. The van der Waals surface area contributed by atoms with Crippen molar-refractivity contribution in [3.63, 3.8) is 0 Å². The summed E-state index contributed by atoms with van der Waals surface area (Å²) >= 11 is 1.83. The average molecular weight is 402 g/mol. The van der Waals surface area contributed by atoms with Gasteiger partial charge >= 0.3 is 6.18 Å². The fraction of sp³-hybridized carbons (Fsp3) is 0.364. The summed E-state index contributed by atoms with van der Waals surface area (Å²) in [5.41, 5.74) is -2.59. The molecule has 1 aromatic rings. The lowest BCUT2D eigenvalue weighted by Crippen LogP contribution is -2.30. The molecule has 0 aliphatic carbocycles. The molecule has 0 unspecified atom stereocenters. The van der Waals surface area contributed by atoms with Crippen molar-refractivity contribution in [2.45, 2.75) is 23.4 Å². The molecule has 0 radical (unpaired) electrons. The largest absolute Gasteiger partial charge is 0.423 e. The first-order valence-corrected chi connectivity index (χ1v) is 6.37. The number of nitro groups is 1. The number of halogens is 4. The van der Waals surface area contributed by atoms with Crippen LogP contribution < -0.4 is 5.32 Å². The third-order valence-corrected chi connectivity index (χ3v) is 2.79. The Labute approximate surface area is 125 Å². The van der Waals surface area contributed by atoms with Gasteiger partial charge in [0.2, 0.25) is 5.91 Å². The Morgan fingerprint density at radius 1 is 1.35 bits per heavy atom. The Kier molecular flexibility index (Phi) is 4.62. The molecule has 110 valence electrons. The van der Waals surface area contributed by atoms with E-state index in [2.05, 4.69) is 5.32 Å². The van der Waals surface area contributed by atoms with Crippen LogP contribution in [-0.4, -0.2) is 14.3 Å². The van der Waals surface area contributed by atoms with Gasteiger partial charge in [0.1, 0.15) is 5.56 Å². The zero-order chi connectivity index (χ0) is 15.7. The maximum absolute atomic E-state index is 12.7. The highest BCUT2D eigenvalue weighted by Crippen LogP contribution is 2.37. The van der Waals surface area contributed by atoms with Crippen molar-refractivity contribution in [2.24, 2.45) is 0 Å². The highest BCUT2D eigenvalue weighted by molar-refractivity contribution is 14.1. The minimum atomic E-state index is -4.87. The predicted octanol–water partition coefficient (Wildman–Crippen LogP) is 3.77. The highest BCUT2D eigenvalue weighted by Gasteiger charge is 2.38. The Morgan fingerprint density at radius 2 is 1.90 bits per heavy atom. The number of nitrogens with one attached hydrogen (secondary N) is 1. The van der Waals surface area contributed by atoms with E-state index < -0.39 is 31.7 Å². The number of hydrogen-bond donors (Lipinski definition) is 1. The first kappa shape index (κ1) is 16.7. The third kappa shape index (κ3) is 4.05. The second kappa shape index (κ2) is 5.54. The first-order chi connectivity index (χ1) is 8.93. The van der Waals surface area contributed by atoms with Gasteiger partial charge in [-0.05, 0) is 26.0 Å². The standard InChI is InChI=1S/C11H10F3IN2O3/c1-10(2,15)9(18)16-6-3-4-8(17(19)20)7(5-6)11(12,13)14/h3-5H,1-2H3,(H,16,18). The van der Waals surface area contributed by atoms with Crippen LogP contribution in [0.2, 0.25) is 0 Å². The van der Waals surface area contributed by atoms with Crippen LogP contribution in [0, 0.1) is 10.1 Å². The summed E-state index contributed by atoms with van der Waals surface area (Å²) in [6, 6.07) is 2.34. The second-order valence-electron chi connectivity index (χ2n) is 4.41. The Hall–Kier alpha value is -1.39. The summed E-state index contributed by atoms with van der Waals surface area (Å²) in [4.78, 5) is 21.1. The van der Waals surface area contributed by atoms with Gasteiger partial charge in [0.25, 0.3) is 5.69 Å². The van der Waals surface area contributed by atoms with E-state index in [1.807, 2.05) is 22.6 Å². The predicted molar refractivity (Wildman–Crippen MR) is 74.8 cm³/mol. The van der Waals surface area contributed by atoms with Crippen LogP contribution in [0.5, 0.6) is 0 Å². The van der Waals surface area contributed by atoms with E-state index in [9.17, 15) is 28.1 Å². The number of benzene rings is 1. The van der Waals surface area contributed by atoms with E-state index in [-0.39, 0.29) is 5.69 Å². The van der Waals surface area contributed by atoms with Crippen LogP contribution in [0.4, 0.5) is 24.5 Å². The lowest BCUT2D eigenvalue weighted by Gasteiger charge is -2.16. The van der Waals surface area contributed by atoms with E-state index in [1.165, 1.54) is 0 Å². The Morgan fingerprint density at radius 3 is 2.30 bits per heavy atom. The molecule has 1 amide bonds. The molecule has 20 heavy (non-hydrogen) atoms. The van der Waals surface area contributed by atoms with E-state index in [4.69, 9.17) is 0 Å². The summed E-state index contributed by atoms with van der Waals surface area (Å²) in [7, 11) is 0.